The van der Waals surface area contributed by atoms with E-state index >= 15 is 0 Å². The van der Waals surface area contributed by atoms with E-state index in [1.165, 1.54) is 5.38 Å². The van der Waals surface area contributed by atoms with E-state index in [1.807, 2.05) is 0 Å². The molecular formula is C14H17N5O8S. The maximum atomic E-state index is 12.6. The molecule has 1 fully saturated rings. The van der Waals surface area contributed by atoms with E-state index in [0.29, 0.717) is 0 Å². The van der Waals surface area contributed by atoms with Gasteiger partial charge in [0, 0.05) is 5.38 Å². The van der Waals surface area contributed by atoms with Crippen LogP contribution in [0.25, 0.3) is 0 Å². The fourth-order valence-electron chi connectivity index (χ4n) is 2.30. The third-order valence-electron chi connectivity index (χ3n) is 3.59. The largest absolute Gasteiger partial charge is 0.479 e. The van der Waals surface area contributed by atoms with Crippen molar-refractivity contribution >= 4 is 45.9 Å². The Morgan fingerprint density at radius 1 is 1.36 bits per heavy atom. The van der Waals surface area contributed by atoms with Crippen molar-refractivity contribution in [3.05, 3.63) is 11.1 Å². The summed E-state index contributed by atoms with van der Waals surface area (Å²) in [5.41, 5.74) is 4.15. The van der Waals surface area contributed by atoms with Crippen molar-refractivity contribution in [3.63, 3.8) is 0 Å². The first-order valence-electron chi connectivity index (χ1n) is 7.66. The van der Waals surface area contributed by atoms with E-state index in [2.05, 4.69) is 20.3 Å². The minimum absolute atomic E-state index is 0.0361. The van der Waals surface area contributed by atoms with Gasteiger partial charge in [0.25, 0.3) is 11.8 Å². The Labute approximate surface area is 161 Å². The van der Waals surface area contributed by atoms with Gasteiger partial charge in [-0.2, -0.15) is 0 Å². The lowest BCUT2D eigenvalue weighted by atomic mass is 9.84. The number of β-lactam (4-membered cyclic amide) rings is 1. The van der Waals surface area contributed by atoms with Gasteiger partial charge >= 0.3 is 11.9 Å². The number of nitrogens with two attached hydrogens (primary N) is 1. The van der Waals surface area contributed by atoms with Crippen LogP contribution in [-0.2, 0) is 28.9 Å². The van der Waals surface area contributed by atoms with Gasteiger partial charge in [-0.1, -0.05) is 5.16 Å². The minimum atomic E-state index is -1.30. The smallest absolute Gasteiger partial charge is 0.344 e. The number of aromatic nitrogens is 1. The van der Waals surface area contributed by atoms with Crippen molar-refractivity contribution in [3.8, 4) is 0 Å². The Morgan fingerprint density at radius 3 is 2.50 bits per heavy atom. The van der Waals surface area contributed by atoms with E-state index in [0.717, 1.165) is 16.4 Å². The minimum Gasteiger partial charge on any atom is -0.479 e. The van der Waals surface area contributed by atoms with Crippen molar-refractivity contribution < 1.29 is 39.1 Å². The first-order chi connectivity index (χ1) is 13.0. The Kier molecular flexibility index (Phi) is 6.15. The summed E-state index contributed by atoms with van der Waals surface area (Å²) in [5.74, 6) is -4.09. The molecule has 0 saturated carbocycles. The molecule has 5 N–H and O–H groups in total. The van der Waals surface area contributed by atoms with E-state index in [4.69, 9.17) is 20.8 Å². The molecule has 1 saturated heterocycles. The second kappa shape index (κ2) is 8.18. The van der Waals surface area contributed by atoms with E-state index in [-0.39, 0.29) is 16.5 Å². The van der Waals surface area contributed by atoms with Gasteiger partial charge in [-0.15, -0.1) is 11.3 Å². The summed E-state index contributed by atoms with van der Waals surface area (Å²) >= 11 is 1.02. The van der Waals surface area contributed by atoms with Crippen LogP contribution in [-0.4, -0.2) is 74.5 Å². The Hall–Kier alpha value is -3.26. The highest BCUT2D eigenvalue weighted by atomic mass is 32.1. The highest BCUT2D eigenvalue weighted by Gasteiger charge is 2.56. The molecule has 2 heterocycles. The summed E-state index contributed by atoms with van der Waals surface area (Å²) in [4.78, 5) is 59.4. The van der Waals surface area contributed by atoms with Crippen LogP contribution in [0.1, 0.15) is 19.5 Å². The first kappa shape index (κ1) is 21.0. The van der Waals surface area contributed by atoms with Crippen molar-refractivity contribution in [2.75, 3.05) is 18.9 Å². The number of carboxylic acid groups (broad SMARTS) is 2. The summed E-state index contributed by atoms with van der Waals surface area (Å²) in [5, 5.41) is 25.6. The van der Waals surface area contributed by atoms with Crippen molar-refractivity contribution in [2.45, 2.75) is 25.4 Å². The molecule has 0 radical (unpaired) electrons. The van der Waals surface area contributed by atoms with E-state index in [1.54, 1.807) is 13.8 Å². The van der Waals surface area contributed by atoms with Crippen molar-refractivity contribution in [2.24, 2.45) is 5.16 Å². The first-order valence-corrected chi connectivity index (χ1v) is 8.54. The summed E-state index contributed by atoms with van der Waals surface area (Å²) < 4.78 is 0. The number of oxime groups is 1. The summed E-state index contributed by atoms with van der Waals surface area (Å²) in [6.07, 6.45) is 0. The Balaban J connectivity index is 2.14. The zero-order valence-electron chi connectivity index (χ0n) is 14.7. The number of rotatable bonds is 9. The molecule has 0 bridgehead atoms. The third kappa shape index (κ3) is 4.52. The van der Waals surface area contributed by atoms with Crippen LogP contribution in [0.4, 0.5) is 5.13 Å². The molecule has 1 aromatic rings. The lowest BCUT2D eigenvalue weighted by Gasteiger charge is -2.51. The standard InChI is InChI=1S/C14H17N5O8S/c1-14(2)10(12(25)19(14)27-4-8(22)23)17-11(24)9(18-26-3-7(20)21)6-5-28-13(15)16-6/h5,10H,3-4H2,1-2H3,(H2,15,16)(H,17,24)(H,20,21)(H,22,23). The Bertz CT molecular complexity index is 835. The van der Waals surface area contributed by atoms with Crippen LogP contribution >= 0.6 is 11.3 Å². The number of nitrogens with zero attached hydrogens (tertiary/aromatic N) is 3. The van der Waals surface area contributed by atoms with Crippen LogP contribution in [0, 0.1) is 0 Å². The van der Waals surface area contributed by atoms with Gasteiger partial charge in [0.2, 0.25) is 6.61 Å². The molecule has 1 unspecified atom stereocenters. The van der Waals surface area contributed by atoms with Gasteiger partial charge in [0.1, 0.15) is 11.7 Å². The lowest BCUT2D eigenvalue weighted by Crippen LogP contribution is -2.76. The average molecular weight is 415 g/mol. The Morgan fingerprint density at radius 2 is 2.00 bits per heavy atom. The second-order valence-electron chi connectivity index (χ2n) is 6.04. The average Bonchev–Trinajstić information content (AvgIpc) is 3.01. The molecule has 1 aliphatic heterocycles. The topological polar surface area (TPSA) is 194 Å². The van der Waals surface area contributed by atoms with E-state index in [9.17, 15) is 19.2 Å². The van der Waals surface area contributed by atoms with Gasteiger partial charge < -0.3 is 26.1 Å². The molecule has 1 atom stereocenters. The summed E-state index contributed by atoms with van der Waals surface area (Å²) in [7, 11) is 0. The molecule has 2 amide bonds. The highest BCUT2D eigenvalue weighted by molar-refractivity contribution is 7.13. The molecule has 1 aromatic heterocycles. The normalized spacial score (nSPS) is 18.4. The van der Waals surface area contributed by atoms with Crippen LogP contribution in [0.3, 0.4) is 0 Å². The molecule has 28 heavy (non-hydrogen) atoms. The fourth-order valence-corrected chi connectivity index (χ4v) is 2.84. The molecule has 13 nitrogen and oxygen atoms in total. The predicted octanol–water partition coefficient (Wildman–Crippen LogP) is -1.35. The zero-order valence-corrected chi connectivity index (χ0v) is 15.6. The molecule has 2 rings (SSSR count). The molecule has 1 aliphatic rings. The number of aliphatic carboxylic acids is 2. The molecule has 0 aliphatic carbocycles. The van der Waals surface area contributed by atoms with Crippen molar-refractivity contribution in [1.29, 1.82) is 0 Å². The number of hydrogen-bond donors (Lipinski definition) is 4. The van der Waals surface area contributed by atoms with Crippen LogP contribution in [0.5, 0.6) is 0 Å². The van der Waals surface area contributed by atoms with E-state index < -0.39 is 48.5 Å². The SMILES string of the molecule is CC1(C)C(NC(=O)C(=NOCC(=O)O)c2csc(N)n2)C(=O)N1OCC(=O)O. The molecule has 0 spiro atoms. The summed E-state index contributed by atoms with van der Waals surface area (Å²) in [6.45, 7) is 1.60. The van der Waals surface area contributed by atoms with Gasteiger partial charge in [0.05, 0.1) is 5.54 Å². The third-order valence-corrected chi connectivity index (χ3v) is 4.27. The van der Waals surface area contributed by atoms with Gasteiger partial charge in [-0.05, 0) is 13.8 Å². The maximum absolute atomic E-state index is 12.6. The van der Waals surface area contributed by atoms with Gasteiger partial charge in [0.15, 0.2) is 17.5 Å². The number of thiazole rings is 1. The lowest BCUT2D eigenvalue weighted by molar-refractivity contribution is -0.257. The second-order valence-corrected chi connectivity index (χ2v) is 6.93. The number of nitrogens with one attached hydrogen (secondary N) is 1. The predicted molar refractivity (Wildman–Crippen MR) is 93.1 cm³/mol. The number of anilines is 1. The molecular weight excluding hydrogens is 398 g/mol. The number of amides is 2. The number of carbonyl (C=O) groups excluding carboxylic acids is 2. The molecule has 0 aromatic carbocycles. The maximum Gasteiger partial charge on any atom is 0.344 e. The fraction of sp³-hybridized carbons (Fsp3) is 0.429. The molecule has 152 valence electrons. The van der Waals surface area contributed by atoms with Gasteiger partial charge in [-0.25, -0.2) is 19.6 Å². The van der Waals surface area contributed by atoms with Crippen LogP contribution in [0.2, 0.25) is 0 Å². The number of hydroxylamine groups is 2. The molecule has 14 heteroatoms. The van der Waals surface area contributed by atoms with Crippen LogP contribution in [0.15, 0.2) is 10.5 Å². The number of nitrogen functional groups attached to an aromatic ring is 1. The van der Waals surface area contributed by atoms with Gasteiger partial charge in [-0.3, -0.25) is 14.4 Å². The zero-order chi connectivity index (χ0) is 21.1. The summed E-state index contributed by atoms with van der Waals surface area (Å²) in [6, 6.07) is -1.05. The number of carboxylic acids is 2. The monoisotopic (exact) mass is 415 g/mol. The number of carbonyl (C=O) groups is 4. The number of hydrogen-bond acceptors (Lipinski definition) is 10. The quantitative estimate of drug-likeness (QED) is 0.213. The highest BCUT2D eigenvalue weighted by Crippen LogP contribution is 2.32. The van der Waals surface area contributed by atoms with Crippen LogP contribution < -0.4 is 11.1 Å². The van der Waals surface area contributed by atoms with Crippen molar-refractivity contribution in [1.82, 2.24) is 15.4 Å².